The van der Waals surface area contributed by atoms with E-state index >= 15 is 0 Å². The van der Waals surface area contributed by atoms with Gasteiger partial charge >= 0.3 is 11.9 Å². The highest BCUT2D eigenvalue weighted by atomic mass is 16.5. The smallest absolute Gasteiger partial charge is 0.309 e. The quantitative estimate of drug-likeness (QED) is 0.452. The van der Waals surface area contributed by atoms with Gasteiger partial charge in [-0.2, -0.15) is 0 Å². The van der Waals surface area contributed by atoms with E-state index in [0.717, 1.165) is 19.3 Å². The van der Waals surface area contributed by atoms with Crippen molar-refractivity contribution in [2.75, 3.05) is 13.2 Å². The van der Waals surface area contributed by atoms with Gasteiger partial charge in [0.15, 0.2) is 0 Å². The van der Waals surface area contributed by atoms with Crippen LogP contribution in [0.3, 0.4) is 0 Å². The summed E-state index contributed by atoms with van der Waals surface area (Å²) in [6.07, 6.45) is 3.93. The van der Waals surface area contributed by atoms with Crippen molar-refractivity contribution >= 4 is 11.9 Å². The maximum atomic E-state index is 11.8. The Balaban J connectivity index is 4.23. The van der Waals surface area contributed by atoms with Crippen LogP contribution >= 0.6 is 0 Å². The number of hydrogen-bond donors (Lipinski definition) is 0. The van der Waals surface area contributed by atoms with Crippen LogP contribution in [0.2, 0.25) is 0 Å². The van der Waals surface area contributed by atoms with E-state index in [-0.39, 0.29) is 24.3 Å². The van der Waals surface area contributed by atoms with Crippen LogP contribution in [0.1, 0.15) is 59.8 Å². The van der Waals surface area contributed by atoms with Crippen LogP contribution in [-0.2, 0) is 19.1 Å². The number of rotatable bonds is 10. The van der Waals surface area contributed by atoms with Crippen LogP contribution in [0.25, 0.3) is 0 Å². The Kier molecular flexibility index (Phi) is 10.2. The van der Waals surface area contributed by atoms with Gasteiger partial charge in [-0.05, 0) is 19.3 Å². The van der Waals surface area contributed by atoms with Crippen LogP contribution in [0.5, 0.6) is 0 Å². The van der Waals surface area contributed by atoms with E-state index in [4.69, 9.17) is 9.47 Å². The Morgan fingerprint density at radius 1 is 1.05 bits per heavy atom. The van der Waals surface area contributed by atoms with E-state index in [0.29, 0.717) is 25.6 Å². The van der Waals surface area contributed by atoms with Crippen molar-refractivity contribution in [3.63, 3.8) is 0 Å². The number of ether oxygens (including phenoxy) is 2. The highest BCUT2D eigenvalue weighted by Gasteiger charge is 2.23. The molecule has 1 unspecified atom stereocenters. The highest BCUT2D eigenvalue weighted by molar-refractivity contribution is 5.79. The van der Waals surface area contributed by atoms with Crippen molar-refractivity contribution in [2.45, 2.75) is 59.8 Å². The fourth-order valence-corrected chi connectivity index (χ4v) is 1.72. The van der Waals surface area contributed by atoms with Crippen LogP contribution in [0, 0.1) is 11.8 Å². The van der Waals surface area contributed by atoms with Gasteiger partial charge in [0.1, 0.15) is 0 Å². The van der Waals surface area contributed by atoms with Crippen molar-refractivity contribution in [2.24, 2.45) is 11.8 Å². The molecule has 0 saturated heterocycles. The molecule has 4 nitrogen and oxygen atoms in total. The van der Waals surface area contributed by atoms with Crippen LogP contribution in [-0.4, -0.2) is 25.2 Å². The molecule has 0 heterocycles. The maximum Gasteiger partial charge on any atom is 0.309 e. The summed E-state index contributed by atoms with van der Waals surface area (Å²) in [5.41, 5.74) is 0. The lowest BCUT2D eigenvalue weighted by molar-refractivity contribution is -0.155. The largest absolute Gasteiger partial charge is 0.466 e. The number of hydrogen-bond acceptors (Lipinski definition) is 4. The SMILES string of the molecule is CCCCCC(CC(=O)OCC(C)C)C(=O)OCC. The molecule has 0 rings (SSSR count). The predicted octanol–water partition coefficient (Wildman–Crippen LogP) is 3.34. The second-order valence-electron chi connectivity index (χ2n) is 5.23. The second kappa shape index (κ2) is 10.8. The minimum Gasteiger partial charge on any atom is -0.466 e. The Morgan fingerprint density at radius 3 is 2.26 bits per heavy atom. The molecule has 0 aliphatic carbocycles. The zero-order chi connectivity index (χ0) is 14.7. The molecule has 112 valence electrons. The molecule has 0 aromatic heterocycles. The van der Waals surface area contributed by atoms with E-state index in [1.807, 2.05) is 13.8 Å². The molecule has 0 aliphatic heterocycles. The number of esters is 2. The lowest BCUT2D eigenvalue weighted by atomic mass is 9.98. The van der Waals surface area contributed by atoms with Gasteiger partial charge in [-0.15, -0.1) is 0 Å². The van der Waals surface area contributed by atoms with E-state index in [9.17, 15) is 9.59 Å². The van der Waals surface area contributed by atoms with Crippen molar-refractivity contribution in [1.82, 2.24) is 0 Å². The van der Waals surface area contributed by atoms with E-state index in [2.05, 4.69) is 6.92 Å². The Morgan fingerprint density at radius 2 is 1.74 bits per heavy atom. The molecule has 0 radical (unpaired) electrons. The Labute approximate surface area is 116 Å². The molecule has 4 heteroatoms. The van der Waals surface area contributed by atoms with Crippen LogP contribution < -0.4 is 0 Å². The molecule has 0 aliphatic rings. The van der Waals surface area contributed by atoms with Gasteiger partial charge in [-0.3, -0.25) is 9.59 Å². The second-order valence-corrected chi connectivity index (χ2v) is 5.23. The standard InChI is InChI=1S/C15H28O4/c1-5-7-8-9-13(15(17)18-6-2)10-14(16)19-11-12(3)4/h12-13H,5-11H2,1-4H3. The van der Waals surface area contributed by atoms with Gasteiger partial charge in [0, 0.05) is 0 Å². The normalized spacial score (nSPS) is 12.3. The molecule has 1 atom stereocenters. The molecule has 0 N–H and O–H groups in total. The van der Waals surface area contributed by atoms with Gasteiger partial charge in [0.25, 0.3) is 0 Å². The minimum absolute atomic E-state index is 0.134. The van der Waals surface area contributed by atoms with Crippen molar-refractivity contribution in [1.29, 1.82) is 0 Å². The first-order valence-electron chi connectivity index (χ1n) is 7.33. The molecule has 0 aromatic rings. The Bertz CT molecular complexity index is 261. The van der Waals surface area contributed by atoms with E-state index in [1.165, 1.54) is 0 Å². The van der Waals surface area contributed by atoms with Gasteiger partial charge in [-0.1, -0.05) is 40.0 Å². The lowest BCUT2D eigenvalue weighted by Crippen LogP contribution is -2.23. The van der Waals surface area contributed by atoms with Crippen LogP contribution in [0.4, 0.5) is 0 Å². The number of unbranched alkanes of at least 4 members (excludes halogenated alkanes) is 2. The van der Waals surface area contributed by atoms with Gasteiger partial charge in [-0.25, -0.2) is 0 Å². The summed E-state index contributed by atoms with van der Waals surface area (Å²) in [5, 5.41) is 0. The molecular weight excluding hydrogens is 244 g/mol. The minimum atomic E-state index is -0.355. The van der Waals surface area contributed by atoms with E-state index < -0.39 is 0 Å². The molecular formula is C15H28O4. The maximum absolute atomic E-state index is 11.8. The molecule has 0 aromatic carbocycles. The van der Waals surface area contributed by atoms with Crippen molar-refractivity contribution < 1.29 is 19.1 Å². The predicted molar refractivity (Wildman–Crippen MR) is 74.7 cm³/mol. The number of carbonyl (C=O) groups is 2. The first kappa shape index (κ1) is 17.9. The number of carbonyl (C=O) groups excluding carboxylic acids is 2. The van der Waals surface area contributed by atoms with Crippen LogP contribution in [0.15, 0.2) is 0 Å². The zero-order valence-corrected chi connectivity index (χ0v) is 12.7. The Hall–Kier alpha value is -1.06. The lowest BCUT2D eigenvalue weighted by Gasteiger charge is -2.15. The van der Waals surface area contributed by atoms with Gasteiger partial charge in [0.05, 0.1) is 25.6 Å². The highest BCUT2D eigenvalue weighted by Crippen LogP contribution is 2.17. The summed E-state index contributed by atoms with van der Waals surface area (Å²) in [7, 11) is 0. The molecule has 0 bridgehead atoms. The summed E-state index contributed by atoms with van der Waals surface area (Å²) in [5.74, 6) is -0.625. The first-order valence-corrected chi connectivity index (χ1v) is 7.33. The van der Waals surface area contributed by atoms with Gasteiger partial charge in [0.2, 0.25) is 0 Å². The average molecular weight is 272 g/mol. The summed E-state index contributed by atoms with van der Waals surface area (Å²) >= 11 is 0. The van der Waals surface area contributed by atoms with Gasteiger partial charge < -0.3 is 9.47 Å². The molecule has 19 heavy (non-hydrogen) atoms. The summed E-state index contributed by atoms with van der Waals surface area (Å²) in [6, 6.07) is 0. The zero-order valence-electron chi connectivity index (χ0n) is 12.7. The van der Waals surface area contributed by atoms with Crippen molar-refractivity contribution in [3.05, 3.63) is 0 Å². The fraction of sp³-hybridized carbons (Fsp3) is 0.867. The fourth-order valence-electron chi connectivity index (χ4n) is 1.72. The monoisotopic (exact) mass is 272 g/mol. The topological polar surface area (TPSA) is 52.6 Å². The summed E-state index contributed by atoms with van der Waals surface area (Å²) in [6.45, 7) is 8.61. The molecule has 0 fully saturated rings. The summed E-state index contributed by atoms with van der Waals surface area (Å²) in [4.78, 5) is 23.5. The third-order valence-corrected chi connectivity index (χ3v) is 2.77. The average Bonchev–Trinajstić information content (AvgIpc) is 2.35. The first-order chi connectivity index (χ1) is 9.01. The summed E-state index contributed by atoms with van der Waals surface area (Å²) < 4.78 is 10.1. The molecule has 0 saturated carbocycles. The third kappa shape index (κ3) is 9.51. The van der Waals surface area contributed by atoms with Crippen molar-refractivity contribution in [3.8, 4) is 0 Å². The molecule has 0 spiro atoms. The third-order valence-electron chi connectivity index (χ3n) is 2.77. The van der Waals surface area contributed by atoms with E-state index in [1.54, 1.807) is 6.92 Å². The molecule has 0 amide bonds.